The Hall–Kier alpha value is -3.23. The van der Waals surface area contributed by atoms with Crippen LogP contribution in [-0.2, 0) is 19.4 Å². The number of Topliss-reactive ketones (excluding diaryl/α,β-unsaturated/α-hetero) is 1. The number of carbonyl (C=O) groups is 1. The highest BCUT2D eigenvalue weighted by Crippen LogP contribution is 2.38. The minimum Gasteiger partial charge on any atom is -0.293 e. The summed E-state index contributed by atoms with van der Waals surface area (Å²) in [6.07, 6.45) is 5.21. The number of nitrogens with one attached hydrogen (secondary N) is 1. The zero-order chi connectivity index (χ0) is 23.8. The number of nitrogens with zero attached hydrogens (tertiary/aromatic N) is 4. The Kier molecular flexibility index (Phi) is 6.00. The maximum Gasteiger partial charge on any atom is 0.372 e. The van der Waals surface area contributed by atoms with Gasteiger partial charge in [-0.2, -0.15) is 4.09 Å². The van der Waals surface area contributed by atoms with Crippen molar-refractivity contribution in [2.45, 2.75) is 32.7 Å². The second-order valence-electron chi connectivity index (χ2n) is 9.05. The fourth-order valence-corrected chi connectivity index (χ4v) is 6.69. The van der Waals surface area contributed by atoms with Crippen LogP contribution in [0.1, 0.15) is 39.7 Å². The molecule has 0 bridgehead atoms. The molecular formula is C27H26N5OS2+. The maximum absolute atomic E-state index is 12.8. The number of aromatic nitrogens is 4. The van der Waals surface area contributed by atoms with Crippen molar-refractivity contribution in [3.8, 4) is 0 Å². The molecule has 6 nitrogen and oxygen atoms in total. The summed E-state index contributed by atoms with van der Waals surface area (Å²) in [5.41, 5.74) is 4.20. The molecule has 35 heavy (non-hydrogen) atoms. The summed E-state index contributed by atoms with van der Waals surface area (Å²) in [5.74, 6) is 1.81. The van der Waals surface area contributed by atoms with Gasteiger partial charge in [0.25, 0.3) is 5.65 Å². The van der Waals surface area contributed by atoms with Gasteiger partial charge < -0.3 is 0 Å². The standard InChI is InChI=1S/C27H25N5OS2/c1-18-12-13-23-21(14-18)24-25-29-17-31(34-16-22(33)20-10-6-3-7-11-20)32(25)27(30-26(24)35-23)28-15-19-8-4-2-5-9-19/h2-11,17-18H,12-16H2,1H3/p+1. The van der Waals surface area contributed by atoms with Crippen molar-refractivity contribution in [2.75, 3.05) is 11.1 Å². The van der Waals surface area contributed by atoms with Crippen molar-refractivity contribution >= 4 is 50.9 Å². The summed E-state index contributed by atoms with van der Waals surface area (Å²) in [4.78, 5) is 25.2. The lowest BCUT2D eigenvalue weighted by Crippen LogP contribution is -2.35. The fraction of sp³-hybridized carbons (Fsp3) is 0.259. The number of ketones is 1. The average molecular weight is 501 g/mol. The van der Waals surface area contributed by atoms with Gasteiger partial charge in [-0.25, -0.2) is 0 Å². The van der Waals surface area contributed by atoms with Crippen molar-refractivity contribution < 1.29 is 9.31 Å². The molecular weight excluding hydrogens is 474 g/mol. The van der Waals surface area contributed by atoms with Crippen LogP contribution < -0.4 is 9.83 Å². The molecule has 0 spiro atoms. The highest BCUT2D eigenvalue weighted by atomic mass is 32.2. The third-order valence-electron chi connectivity index (χ3n) is 6.51. The smallest absolute Gasteiger partial charge is 0.293 e. The number of benzene rings is 2. The summed E-state index contributed by atoms with van der Waals surface area (Å²) >= 11 is 3.24. The number of anilines is 1. The van der Waals surface area contributed by atoms with E-state index in [1.807, 2.05) is 63.5 Å². The van der Waals surface area contributed by atoms with Crippen LogP contribution in [0.25, 0.3) is 15.9 Å². The summed E-state index contributed by atoms with van der Waals surface area (Å²) < 4.78 is 3.97. The minimum absolute atomic E-state index is 0.0904. The van der Waals surface area contributed by atoms with Crippen molar-refractivity contribution in [3.05, 3.63) is 88.6 Å². The number of hydrogen-bond donors (Lipinski definition) is 1. The van der Waals surface area contributed by atoms with Crippen LogP contribution in [0.3, 0.4) is 0 Å². The number of thiophene rings is 1. The molecule has 1 atom stereocenters. The lowest BCUT2D eigenvalue weighted by Gasteiger charge is -2.17. The molecule has 0 aliphatic heterocycles. The fourth-order valence-electron chi connectivity index (χ4n) is 4.68. The lowest BCUT2D eigenvalue weighted by molar-refractivity contribution is -0.575. The van der Waals surface area contributed by atoms with E-state index in [9.17, 15) is 4.79 Å². The number of rotatable bonds is 7. The van der Waals surface area contributed by atoms with Gasteiger partial charge in [-0.05, 0) is 48.3 Å². The molecule has 1 aliphatic carbocycles. The number of aryl methyl sites for hydroxylation is 1. The molecule has 1 aliphatic rings. The third-order valence-corrected chi connectivity index (χ3v) is 8.61. The van der Waals surface area contributed by atoms with E-state index < -0.39 is 0 Å². The molecule has 0 radical (unpaired) electrons. The second kappa shape index (κ2) is 9.43. The lowest BCUT2D eigenvalue weighted by atomic mass is 9.89. The zero-order valence-corrected chi connectivity index (χ0v) is 21.1. The topological polar surface area (TPSA) is 63.9 Å². The van der Waals surface area contributed by atoms with Gasteiger partial charge in [0, 0.05) is 10.4 Å². The third kappa shape index (κ3) is 4.32. The van der Waals surface area contributed by atoms with E-state index in [-0.39, 0.29) is 5.78 Å². The van der Waals surface area contributed by atoms with Gasteiger partial charge in [0.15, 0.2) is 16.9 Å². The molecule has 1 unspecified atom stereocenters. The first kappa shape index (κ1) is 22.2. The van der Waals surface area contributed by atoms with Crippen LogP contribution in [-0.4, -0.2) is 25.6 Å². The van der Waals surface area contributed by atoms with E-state index >= 15 is 0 Å². The Morgan fingerprint density at radius 2 is 1.94 bits per heavy atom. The van der Waals surface area contributed by atoms with Crippen LogP contribution >= 0.6 is 23.3 Å². The summed E-state index contributed by atoms with van der Waals surface area (Å²) in [7, 11) is 0. The van der Waals surface area contributed by atoms with Gasteiger partial charge in [-0.1, -0.05) is 72.6 Å². The van der Waals surface area contributed by atoms with Crippen LogP contribution in [0.4, 0.5) is 5.95 Å². The number of fused-ring (bicyclic) bond motifs is 5. The van der Waals surface area contributed by atoms with Crippen LogP contribution in [0.15, 0.2) is 67.0 Å². The van der Waals surface area contributed by atoms with Crippen molar-refractivity contribution in [2.24, 2.45) is 5.92 Å². The Labute approximate surface area is 212 Å². The SMILES string of the molecule is CC1CCc2sc3nc(NCc4ccccc4)[n+]4c(ncn4SCC(=O)c4ccccc4)c3c2C1. The van der Waals surface area contributed by atoms with Crippen LogP contribution in [0.2, 0.25) is 0 Å². The highest BCUT2D eigenvalue weighted by Gasteiger charge is 2.29. The van der Waals surface area contributed by atoms with E-state index in [1.165, 1.54) is 34.4 Å². The summed E-state index contributed by atoms with van der Waals surface area (Å²) in [6.45, 7) is 2.98. The van der Waals surface area contributed by atoms with Gasteiger partial charge >= 0.3 is 5.95 Å². The largest absolute Gasteiger partial charge is 0.372 e. The summed E-state index contributed by atoms with van der Waals surface area (Å²) in [6, 6.07) is 19.7. The van der Waals surface area contributed by atoms with Crippen molar-refractivity contribution in [3.63, 3.8) is 0 Å². The van der Waals surface area contributed by atoms with Gasteiger partial charge in [-0.15, -0.1) is 20.8 Å². The van der Waals surface area contributed by atoms with Crippen molar-refractivity contribution in [1.29, 1.82) is 0 Å². The molecule has 0 saturated carbocycles. The molecule has 5 aromatic rings. The molecule has 3 heterocycles. The summed E-state index contributed by atoms with van der Waals surface area (Å²) in [5, 5.41) is 4.69. The van der Waals surface area contributed by atoms with E-state index in [2.05, 4.69) is 24.4 Å². The Balaban J connectivity index is 1.41. The quantitative estimate of drug-likeness (QED) is 0.241. The molecule has 0 saturated heterocycles. The Morgan fingerprint density at radius 3 is 2.74 bits per heavy atom. The Morgan fingerprint density at radius 1 is 1.17 bits per heavy atom. The van der Waals surface area contributed by atoms with Gasteiger partial charge in [0.1, 0.15) is 0 Å². The van der Waals surface area contributed by atoms with Crippen LogP contribution in [0.5, 0.6) is 0 Å². The monoisotopic (exact) mass is 500 g/mol. The van der Waals surface area contributed by atoms with E-state index in [4.69, 9.17) is 9.97 Å². The predicted molar refractivity (Wildman–Crippen MR) is 142 cm³/mol. The van der Waals surface area contributed by atoms with E-state index in [1.54, 1.807) is 11.3 Å². The molecule has 2 aromatic carbocycles. The Bertz CT molecular complexity index is 1510. The first-order chi connectivity index (χ1) is 17.2. The molecule has 0 fully saturated rings. The molecule has 8 heteroatoms. The normalized spacial score (nSPS) is 15.4. The van der Waals surface area contributed by atoms with Gasteiger partial charge in [0.2, 0.25) is 0 Å². The highest BCUT2D eigenvalue weighted by molar-refractivity contribution is 7.98. The molecule has 0 amide bonds. The van der Waals surface area contributed by atoms with Crippen molar-refractivity contribution in [1.82, 2.24) is 14.1 Å². The molecule has 176 valence electrons. The minimum atomic E-state index is 0.0904. The zero-order valence-electron chi connectivity index (χ0n) is 19.5. The predicted octanol–water partition coefficient (Wildman–Crippen LogP) is 5.35. The van der Waals surface area contributed by atoms with E-state index in [0.29, 0.717) is 18.2 Å². The second-order valence-corrected chi connectivity index (χ2v) is 11.1. The number of hydrogen-bond acceptors (Lipinski definition) is 6. The van der Waals surface area contributed by atoms with Gasteiger partial charge in [-0.3, -0.25) is 10.1 Å². The molecule has 3 aromatic heterocycles. The maximum atomic E-state index is 12.8. The van der Waals surface area contributed by atoms with Gasteiger partial charge in [0.05, 0.1) is 17.7 Å². The first-order valence-electron chi connectivity index (χ1n) is 11.9. The first-order valence-corrected chi connectivity index (χ1v) is 13.7. The number of carbonyl (C=O) groups excluding carboxylic acids is 1. The van der Waals surface area contributed by atoms with Crippen LogP contribution in [0, 0.1) is 5.92 Å². The van der Waals surface area contributed by atoms with E-state index in [0.717, 1.165) is 40.2 Å². The average Bonchev–Trinajstić information content (AvgIpc) is 3.48. The molecule has 1 N–H and O–H groups in total. The molecule has 6 rings (SSSR count).